The standard InChI is InChI=1S/C17H33NO11/c1-8(24-2)26-7-11-13(22)15(14(23)16(28-11)25-4-3-18)29-17-12(21)10(20)5-9(6-19)27-17/h8-17,19-23H,3-7,18H2,1-2H3/t8-,9+,10+,11-,12+,13-,14+,15+,16+,17-/m1/s1. The van der Waals surface area contributed by atoms with Crippen molar-refractivity contribution in [2.24, 2.45) is 5.73 Å². The van der Waals surface area contributed by atoms with E-state index >= 15 is 0 Å². The monoisotopic (exact) mass is 427 g/mol. The predicted octanol–water partition coefficient (Wildman–Crippen LogP) is -3.37. The molecule has 0 aromatic carbocycles. The summed E-state index contributed by atoms with van der Waals surface area (Å²) in [5.41, 5.74) is 5.43. The van der Waals surface area contributed by atoms with Crippen LogP contribution in [0, 0.1) is 0 Å². The van der Waals surface area contributed by atoms with Crippen molar-refractivity contribution in [3.8, 4) is 0 Å². The molecule has 2 aliphatic rings. The molecule has 0 saturated carbocycles. The number of rotatable bonds is 10. The first-order chi connectivity index (χ1) is 13.8. The molecule has 172 valence electrons. The maximum atomic E-state index is 10.7. The zero-order valence-electron chi connectivity index (χ0n) is 16.6. The third kappa shape index (κ3) is 6.50. The van der Waals surface area contributed by atoms with Crippen molar-refractivity contribution in [3.05, 3.63) is 0 Å². The first kappa shape index (κ1) is 24.8. The van der Waals surface area contributed by atoms with Gasteiger partial charge in [-0.05, 0) is 6.92 Å². The molecule has 29 heavy (non-hydrogen) atoms. The lowest BCUT2D eigenvalue weighted by Gasteiger charge is -2.45. The Balaban J connectivity index is 2.12. The highest BCUT2D eigenvalue weighted by atomic mass is 16.7. The van der Waals surface area contributed by atoms with Crippen LogP contribution >= 0.6 is 0 Å². The fourth-order valence-corrected chi connectivity index (χ4v) is 3.12. The summed E-state index contributed by atoms with van der Waals surface area (Å²) in [6.45, 7) is 1.43. The molecule has 2 fully saturated rings. The van der Waals surface area contributed by atoms with Gasteiger partial charge in [-0.1, -0.05) is 0 Å². The van der Waals surface area contributed by atoms with Gasteiger partial charge in [0.25, 0.3) is 0 Å². The molecule has 10 atom stereocenters. The van der Waals surface area contributed by atoms with Crippen molar-refractivity contribution in [1.82, 2.24) is 0 Å². The van der Waals surface area contributed by atoms with Gasteiger partial charge in [-0.25, -0.2) is 0 Å². The Morgan fingerprint density at radius 3 is 2.41 bits per heavy atom. The summed E-state index contributed by atoms with van der Waals surface area (Å²) < 4.78 is 32.5. The van der Waals surface area contributed by atoms with E-state index in [1.807, 2.05) is 0 Å². The number of aliphatic hydroxyl groups is 5. The van der Waals surface area contributed by atoms with Crippen LogP contribution in [0.5, 0.6) is 0 Å². The molecule has 2 rings (SSSR count). The molecule has 0 aromatic heterocycles. The number of hydrogen-bond acceptors (Lipinski definition) is 12. The smallest absolute Gasteiger partial charge is 0.186 e. The molecule has 2 aliphatic heterocycles. The van der Waals surface area contributed by atoms with Crippen LogP contribution in [-0.2, 0) is 28.4 Å². The quantitative estimate of drug-likeness (QED) is 0.191. The lowest BCUT2D eigenvalue weighted by Crippen LogP contribution is -2.63. The minimum absolute atomic E-state index is 0.0179. The van der Waals surface area contributed by atoms with Crippen LogP contribution < -0.4 is 5.73 Å². The number of ether oxygens (including phenoxy) is 6. The molecular formula is C17H33NO11. The van der Waals surface area contributed by atoms with Crippen molar-refractivity contribution >= 4 is 0 Å². The molecule has 12 nitrogen and oxygen atoms in total. The Bertz CT molecular complexity index is 473. The average molecular weight is 427 g/mol. The molecule has 7 N–H and O–H groups in total. The van der Waals surface area contributed by atoms with Crippen LogP contribution in [0.1, 0.15) is 13.3 Å². The molecule has 0 aromatic rings. The topological polar surface area (TPSA) is 183 Å². The van der Waals surface area contributed by atoms with Gasteiger partial charge in [-0.2, -0.15) is 0 Å². The second-order valence-electron chi connectivity index (χ2n) is 7.02. The predicted molar refractivity (Wildman–Crippen MR) is 95.4 cm³/mol. The first-order valence-corrected chi connectivity index (χ1v) is 9.57. The van der Waals surface area contributed by atoms with Crippen LogP contribution in [-0.4, -0.2) is 121 Å². The summed E-state index contributed by atoms with van der Waals surface area (Å²) in [6.07, 6.45) is -11.6. The maximum absolute atomic E-state index is 10.7. The summed E-state index contributed by atoms with van der Waals surface area (Å²) in [5, 5.41) is 50.7. The third-order valence-corrected chi connectivity index (χ3v) is 4.87. The van der Waals surface area contributed by atoms with Crippen LogP contribution in [0.3, 0.4) is 0 Å². The normalized spacial score (nSPS) is 42.0. The van der Waals surface area contributed by atoms with Crippen molar-refractivity contribution in [1.29, 1.82) is 0 Å². The van der Waals surface area contributed by atoms with E-state index in [4.69, 9.17) is 34.2 Å². The minimum Gasteiger partial charge on any atom is -0.394 e. The largest absolute Gasteiger partial charge is 0.394 e. The van der Waals surface area contributed by atoms with E-state index in [2.05, 4.69) is 0 Å². The lowest BCUT2D eigenvalue weighted by molar-refractivity contribution is -0.353. The third-order valence-electron chi connectivity index (χ3n) is 4.87. The Morgan fingerprint density at radius 2 is 1.79 bits per heavy atom. The van der Waals surface area contributed by atoms with E-state index in [1.54, 1.807) is 6.92 Å². The van der Waals surface area contributed by atoms with E-state index in [0.29, 0.717) is 0 Å². The van der Waals surface area contributed by atoms with Crippen LogP contribution in [0.25, 0.3) is 0 Å². The molecule has 0 radical (unpaired) electrons. The molecule has 12 heteroatoms. The molecule has 2 heterocycles. The van der Waals surface area contributed by atoms with Crippen LogP contribution in [0.15, 0.2) is 0 Å². The Labute approximate surface area is 169 Å². The Hall–Kier alpha value is -0.480. The van der Waals surface area contributed by atoms with Gasteiger partial charge in [0.1, 0.15) is 30.5 Å². The second kappa shape index (κ2) is 11.8. The summed E-state index contributed by atoms with van der Waals surface area (Å²) in [7, 11) is 1.45. The number of hydrogen-bond donors (Lipinski definition) is 6. The van der Waals surface area contributed by atoms with Gasteiger partial charge in [0.2, 0.25) is 0 Å². The van der Waals surface area contributed by atoms with E-state index in [-0.39, 0.29) is 26.2 Å². The summed E-state index contributed by atoms with van der Waals surface area (Å²) in [4.78, 5) is 0. The average Bonchev–Trinajstić information content (AvgIpc) is 2.72. The summed E-state index contributed by atoms with van der Waals surface area (Å²) in [5.74, 6) is 0. The van der Waals surface area contributed by atoms with E-state index < -0.39 is 68.2 Å². The Morgan fingerprint density at radius 1 is 1.07 bits per heavy atom. The van der Waals surface area contributed by atoms with Crippen molar-refractivity contribution in [2.45, 2.75) is 74.9 Å². The number of aliphatic hydroxyl groups excluding tert-OH is 5. The van der Waals surface area contributed by atoms with Crippen LogP contribution in [0.2, 0.25) is 0 Å². The van der Waals surface area contributed by atoms with Gasteiger partial charge in [0.15, 0.2) is 18.9 Å². The highest BCUT2D eigenvalue weighted by Crippen LogP contribution is 2.29. The van der Waals surface area contributed by atoms with E-state index in [9.17, 15) is 25.5 Å². The molecular weight excluding hydrogens is 394 g/mol. The zero-order valence-corrected chi connectivity index (χ0v) is 16.6. The fourth-order valence-electron chi connectivity index (χ4n) is 3.12. The number of methoxy groups -OCH3 is 1. The van der Waals surface area contributed by atoms with Gasteiger partial charge in [-0.3, -0.25) is 0 Å². The SMILES string of the molecule is CO[C@@H](C)OC[C@H]1O[C@H](OCCN)[C@@H](O)[C@@H](O[C@H]2O[C@H](CO)C[C@H](O)[C@@H]2O)[C@@H]1O. The van der Waals surface area contributed by atoms with Crippen LogP contribution in [0.4, 0.5) is 0 Å². The van der Waals surface area contributed by atoms with Crippen molar-refractivity contribution in [2.75, 3.05) is 33.5 Å². The first-order valence-electron chi connectivity index (χ1n) is 9.57. The maximum Gasteiger partial charge on any atom is 0.186 e. The minimum atomic E-state index is -1.45. The molecule has 0 aliphatic carbocycles. The Kier molecular flexibility index (Phi) is 10.1. The molecule has 0 unspecified atom stereocenters. The van der Waals surface area contributed by atoms with Crippen molar-refractivity contribution < 1.29 is 54.0 Å². The van der Waals surface area contributed by atoms with Gasteiger partial charge < -0.3 is 59.7 Å². The summed E-state index contributed by atoms with van der Waals surface area (Å²) >= 11 is 0. The van der Waals surface area contributed by atoms with Crippen molar-refractivity contribution in [3.63, 3.8) is 0 Å². The fraction of sp³-hybridized carbons (Fsp3) is 1.00. The molecule has 2 saturated heterocycles. The summed E-state index contributed by atoms with van der Waals surface area (Å²) in [6, 6.07) is 0. The molecule has 0 bridgehead atoms. The van der Waals surface area contributed by atoms with E-state index in [0.717, 1.165) is 0 Å². The lowest BCUT2D eigenvalue weighted by atomic mass is 9.98. The van der Waals surface area contributed by atoms with E-state index in [1.165, 1.54) is 7.11 Å². The van der Waals surface area contributed by atoms with Gasteiger partial charge in [-0.15, -0.1) is 0 Å². The second-order valence-corrected chi connectivity index (χ2v) is 7.02. The van der Waals surface area contributed by atoms with Gasteiger partial charge in [0, 0.05) is 20.1 Å². The highest BCUT2D eigenvalue weighted by Gasteiger charge is 2.49. The molecule has 0 spiro atoms. The highest BCUT2D eigenvalue weighted by molar-refractivity contribution is 4.92. The zero-order chi connectivity index (χ0) is 21.6. The molecule has 0 amide bonds. The van der Waals surface area contributed by atoms with Gasteiger partial charge >= 0.3 is 0 Å². The number of nitrogens with two attached hydrogens (primary N) is 1. The van der Waals surface area contributed by atoms with Gasteiger partial charge in [0.05, 0.1) is 32.0 Å².